The number of halogens is 2. The van der Waals surface area contributed by atoms with Crippen LogP contribution in [0.1, 0.15) is 28.8 Å². The molecule has 0 fully saturated rings. The predicted molar refractivity (Wildman–Crippen MR) is 114 cm³/mol. The van der Waals surface area contributed by atoms with Crippen LogP contribution in [0, 0.1) is 5.82 Å². The molecule has 6 nitrogen and oxygen atoms in total. The summed E-state index contributed by atoms with van der Waals surface area (Å²) in [6.07, 6.45) is 4.56. The third kappa shape index (κ3) is 2.89. The molecule has 2 aliphatic rings. The molecule has 8 heteroatoms. The number of rotatable bonds is 2. The van der Waals surface area contributed by atoms with E-state index in [0.717, 1.165) is 28.0 Å². The molecular weight excluding hydrogens is 417 g/mol. The van der Waals surface area contributed by atoms with Crippen LogP contribution in [-0.4, -0.2) is 19.7 Å². The van der Waals surface area contributed by atoms with Crippen LogP contribution in [-0.2, 0) is 0 Å². The Morgan fingerprint density at radius 2 is 1.81 bits per heavy atom. The Balaban J connectivity index is 1.64. The first kappa shape index (κ1) is 18.1. The molecule has 4 heterocycles. The van der Waals surface area contributed by atoms with E-state index in [2.05, 4.69) is 20.4 Å². The first-order chi connectivity index (χ1) is 15.2. The van der Waals surface area contributed by atoms with Gasteiger partial charge in [-0.3, -0.25) is 4.98 Å². The van der Waals surface area contributed by atoms with Gasteiger partial charge in [-0.2, -0.15) is 10.1 Å². The molecule has 0 aliphatic carbocycles. The van der Waals surface area contributed by atoms with Crippen molar-refractivity contribution in [2.24, 2.45) is 0 Å². The van der Waals surface area contributed by atoms with E-state index in [1.165, 1.54) is 18.5 Å². The SMILES string of the molecule is Fc1ccc([C@H]2C3=C(Nc4ncnn42)c2cc(Cl)ccc2O[C@H]3c2ccncc2)cc1. The molecular formula is C23H15ClFN5O. The van der Waals surface area contributed by atoms with E-state index < -0.39 is 6.10 Å². The van der Waals surface area contributed by atoms with Crippen molar-refractivity contribution in [2.45, 2.75) is 12.1 Å². The summed E-state index contributed by atoms with van der Waals surface area (Å²) >= 11 is 6.32. The highest BCUT2D eigenvalue weighted by molar-refractivity contribution is 6.30. The average molecular weight is 432 g/mol. The van der Waals surface area contributed by atoms with Crippen LogP contribution < -0.4 is 10.1 Å². The van der Waals surface area contributed by atoms with Gasteiger partial charge in [-0.1, -0.05) is 23.7 Å². The summed E-state index contributed by atoms with van der Waals surface area (Å²) < 4.78 is 22.0. The van der Waals surface area contributed by atoms with Gasteiger partial charge >= 0.3 is 0 Å². The number of fused-ring (bicyclic) bond motifs is 3. The van der Waals surface area contributed by atoms with Gasteiger partial charge in [0.05, 0.1) is 5.70 Å². The largest absolute Gasteiger partial charge is 0.480 e. The monoisotopic (exact) mass is 431 g/mol. The van der Waals surface area contributed by atoms with Gasteiger partial charge in [-0.25, -0.2) is 9.07 Å². The highest BCUT2D eigenvalue weighted by atomic mass is 35.5. The number of ether oxygens (including phenoxy) is 1. The van der Waals surface area contributed by atoms with E-state index in [9.17, 15) is 4.39 Å². The van der Waals surface area contributed by atoms with Crippen LogP contribution in [0.5, 0.6) is 5.75 Å². The molecule has 2 aliphatic heterocycles. The number of nitrogens with one attached hydrogen (secondary N) is 1. The van der Waals surface area contributed by atoms with Gasteiger partial charge in [0.1, 0.15) is 30.0 Å². The molecule has 0 amide bonds. The third-order valence-corrected chi connectivity index (χ3v) is 5.81. The smallest absolute Gasteiger partial charge is 0.226 e. The van der Waals surface area contributed by atoms with E-state index in [-0.39, 0.29) is 11.9 Å². The molecule has 0 saturated carbocycles. The molecule has 6 rings (SSSR count). The molecule has 0 unspecified atom stereocenters. The Kier molecular flexibility index (Phi) is 4.04. The summed E-state index contributed by atoms with van der Waals surface area (Å²) in [4.78, 5) is 8.52. The highest BCUT2D eigenvalue weighted by Crippen LogP contribution is 2.50. The molecule has 2 atom stereocenters. The van der Waals surface area contributed by atoms with Crippen molar-refractivity contribution in [2.75, 3.05) is 5.32 Å². The lowest BCUT2D eigenvalue weighted by Gasteiger charge is -2.39. The molecule has 1 N–H and O–H groups in total. The van der Waals surface area contributed by atoms with Crippen molar-refractivity contribution in [3.63, 3.8) is 0 Å². The Bertz CT molecular complexity index is 1320. The second-order valence-electron chi connectivity index (χ2n) is 7.36. The van der Waals surface area contributed by atoms with E-state index in [0.29, 0.717) is 16.7 Å². The number of nitrogens with zero attached hydrogens (tertiary/aromatic N) is 4. The van der Waals surface area contributed by atoms with Gasteiger partial charge in [0.25, 0.3) is 0 Å². The standard InChI is InChI=1S/C23H15ClFN5O/c24-15-3-6-18-17(11-15)20-19(22(31-18)14-7-9-26-10-8-14)21(13-1-4-16(25)5-2-13)30-23(29-20)27-12-28-30/h1-12,21-22H,(H,27,28,29)/t21-,22-/m0/s1. The molecule has 31 heavy (non-hydrogen) atoms. The maximum atomic E-state index is 13.7. The van der Waals surface area contributed by atoms with Crippen molar-refractivity contribution < 1.29 is 9.13 Å². The summed E-state index contributed by atoms with van der Waals surface area (Å²) in [5.41, 5.74) is 4.45. The molecule has 2 aromatic carbocycles. The lowest BCUT2D eigenvalue weighted by atomic mass is 9.85. The van der Waals surface area contributed by atoms with Gasteiger partial charge < -0.3 is 10.1 Å². The molecule has 0 spiro atoms. The Hall–Kier alpha value is -3.71. The zero-order valence-electron chi connectivity index (χ0n) is 16.0. The van der Waals surface area contributed by atoms with E-state index in [1.54, 1.807) is 35.3 Å². The van der Waals surface area contributed by atoms with Crippen molar-refractivity contribution >= 4 is 23.2 Å². The molecule has 0 saturated heterocycles. The lowest BCUT2D eigenvalue weighted by molar-refractivity contribution is 0.223. The quantitative estimate of drug-likeness (QED) is 0.482. The minimum Gasteiger partial charge on any atom is -0.480 e. The van der Waals surface area contributed by atoms with Gasteiger partial charge in [-0.15, -0.1) is 0 Å². The Morgan fingerprint density at radius 1 is 1.00 bits per heavy atom. The van der Waals surface area contributed by atoms with Gasteiger partial charge in [0.2, 0.25) is 5.95 Å². The van der Waals surface area contributed by atoms with Crippen LogP contribution in [0.25, 0.3) is 5.70 Å². The number of benzene rings is 2. The first-order valence-corrected chi connectivity index (χ1v) is 10.1. The summed E-state index contributed by atoms with van der Waals surface area (Å²) in [6, 6.07) is 15.5. The molecule has 4 aromatic rings. The number of pyridine rings is 1. The van der Waals surface area contributed by atoms with E-state index >= 15 is 0 Å². The topological polar surface area (TPSA) is 64.9 Å². The zero-order chi connectivity index (χ0) is 20.9. The second kappa shape index (κ2) is 6.92. The van der Waals surface area contributed by atoms with Crippen molar-refractivity contribution in [3.05, 3.63) is 106 Å². The fourth-order valence-corrected chi connectivity index (χ4v) is 4.39. The van der Waals surface area contributed by atoms with Crippen LogP contribution in [0.2, 0.25) is 5.02 Å². The summed E-state index contributed by atoms with van der Waals surface area (Å²) in [5.74, 6) is 1.01. The maximum Gasteiger partial charge on any atom is 0.226 e. The van der Waals surface area contributed by atoms with Crippen LogP contribution >= 0.6 is 11.6 Å². The molecule has 2 aromatic heterocycles. The summed E-state index contributed by atoms with van der Waals surface area (Å²) in [5, 5.41) is 8.47. The van der Waals surface area contributed by atoms with E-state index in [1.807, 2.05) is 24.3 Å². The minimum absolute atomic E-state index is 0.298. The number of anilines is 1. The summed E-state index contributed by atoms with van der Waals surface area (Å²) in [7, 11) is 0. The molecule has 152 valence electrons. The van der Waals surface area contributed by atoms with Crippen molar-refractivity contribution in [3.8, 4) is 5.75 Å². The van der Waals surface area contributed by atoms with Crippen molar-refractivity contribution in [1.82, 2.24) is 19.7 Å². The van der Waals surface area contributed by atoms with Crippen LogP contribution in [0.4, 0.5) is 10.3 Å². The Labute approximate surface area is 182 Å². The maximum absolute atomic E-state index is 13.7. The number of aromatic nitrogens is 4. The Morgan fingerprint density at radius 3 is 2.61 bits per heavy atom. The molecule has 0 bridgehead atoms. The zero-order valence-corrected chi connectivity index (χ0v) is 16.8. The fraction of sp³-hybridized carbons (Fsp3) is 0.0870. The van der Waals surface area contributed by atoms with Crippen LogP contribution in [0.15, 0.2) is 78.9 Å². The normalized spacial score (nSPS) is 19.0. The van der Waals surface area contributed by atoms with Crippen LogP contribution in [0.3, 0.4) is 0 Å². The first-order valence-electron chi connectivity index (χ1n) is 9.71. The minimum atomic E-state index is -0.411. The fourth-order valence-electron chi connectivity index (χ4n) is 4.22. The number of hydrogen-bond donors (Lipinski definition) is 1. The second-order valence-corrected chi connectivity index (χ2v) is 7.79. The number of hydrogen-bond acceptors (Lipinski definition) is 5. The van der Waals surface area contributed by atoms with Gasteiger partial charge in [0, 0.05) is 28.6 Å². The van der Waals surface area contributed by atoms with Crippen molar-refractivity contribution in [1.29, 1.82) is 0 Å². The average Bonchev–Trinajstić information content (AvgIpc) is 3.27. The van der Waals surface area contributed by atoms with Gasteiger partial charge in [0.15, 0.2) is 0 Å². The highest BCUT2D eigenvalue weighted by Gasteiger charge is 2.41. The summed E-state index contributed by atoms with van der Waals surface area (Å²) in [6.45, 7) is 0. The van der Waals surface area contributed by atoms with Gasteiger partial charge in [-0.05, 0) is 53.6 Å². The predicted octanol–water partition coefficient (Wildman–Crippen LogP) is 5.03. The van der Waals surface area contributed by atoms with E-state index in [4.69, 9.17) is 16.3 Å². The lowest BCUT2D eigenvalue weighted by Crippen LogP contribution is -2.32. The molecule has 0 radical (unpaired) electrons. The third-order valence-electron chi connectivity index (χ3n) is 5.57.